The molecule has 0 saturated carbocycles. The summed E-state index contributed by atoms with van der Waals surface area (Å²) in [4.78, 5) is 12.3. The monoisotopic (exact) mass is 308 g/mol. The fraction of sp³-hybridized carbons (Fsp3) is 0.0500. The van der Waals surface area contributed by atoms with Crippen molar-refractivity contribution in [1.82, 2.24) is 0 Å². The topological polar surface area (TPSA) is 40.1 Å². The molecule has 0 fully saturated rings. The number of carboxylic acids is 1. The van der Waals surface area contributed by atoms with Crippen LogP contribution in [0.5, 0.6) is 0 Å². The molecule has 0 unspecified atom stereocenters. The van der Waals surface area contributed by atoms with Crippen LogP contribution in [0.2, 0.25) is 0 Å². The van der Waals surface area contributed by atoms with E-state index in [4.69, 9.17) is 0 Å². The molecule has 3 aromatic carbocycles. The Hall–Kier alpha value is -1.87. The van der Waals surface area contributed by atoms with Gasteiger partial charge in [0.05, 0.1) is 11.4 Å². The van der Waals surface area contributed by atoms with Gasteiger partial charge in [-0.1, -0.05) is 78.9 Å². The molecule has 4 rings (SSSR count). The Kier molecular flexibility index (Phi) is 4.15. The molecule has 0 spiro atoms. The van der Waals surface area contributed by atoms with E-state index < -0.39 is 11.4 Å². The Bertz CT molecular complexity index is 826. The largest absolute Gasteiger partial charge is 1.00 e. The average molecular weight is 308 g/mol. The number of carboxylic acid groups (broad SMARTS) is 1. The quantitative estimate of drug-likeness (QED) is 0.613. The van der Waals surface area contributed by atoms with Crippen LogP contribution < -0.4 is 34.7 Å². The van der Waals surface area contributed by atoms with E-state index in [-0.39, 0.29) is 29.6 Å². The second-order valence-electron chi connectivity index (χ2n) is 5.49. The maximum Gasteiger partial charge on any atom is 1.00 e. The van der Waals surface area contributed by atoms with Gasteiger partial charge in [-0.15, -0.1) is 0 Å². The Labute approximate surface area is 157 Å². The number of rotatable bonds is 2. The van der Waals surface area contributed by atoms with E-state index in [9.17, 15) is 9.90 Å². The number of carbonyl (C=O) groups is 1. The summed E-state index contributed by atoms with van der Waals surface area (Å²) in [6.07, 6.45) is 0. The summed E-state index contributed by atoms with van der Waals surface area (Å²) >= 11 is 0. The van der Waals surface area contributed by atoms with E-state index in [0.717, 1.165) is 27.8 Å². The van der Waals surface area contributed by atoms with Crippen LogP contribution in [0.1, 0.15) is 16.7 Å². The van der Waals surface area contributed by atoms with Crippen molar-refractivity contribution in [1.29, 1.82) is 0 Å². The molecule has 0 aliphatic heterocycles. The fourth-order valence-electron chi connectivity index (χ4n) is 3.57. The Morgan fingerprint density at radius 3 is 1.61 bits per heavy atom. The maximum atomic E-state index is 12.3. The zero-order chi connectivity index (χ0) is 15.2. The van der Waals surface area contributed by atoms with Crippen LogP contribution in [0.25, 0.3) is 11.1 Å². The van der Waals surface area contributed by atoms with Gasteiger partial charge < -0.3 is 9.90 Å². The van der Waals surface area contributed by atoms with Crippen molar-refractivity contribution in [3.05, 3.63) is 95.6 Å². The van der Waals surface area contributed by atoms with Crippen LogP contribution in [-0.2, 0) is 10.2 Å². The summed E-state index contributed by atoms with van der Waals surface area (Å²) in [6.45, 7) is 0. The summed E-state index contributed by atoms with van der Waals surface area (Å²) in [7, 11) is 0. The molecule has 0 amide bonds. The number of hydrogen-bond acceptors (Lipinski definition) is 2. The SMILES string of the molecule is O=C([O-])C1(c2ccccc2)c2ccccc2-c2ccccc21.[Na+]. The smallest absolute Gasteiger partial charge is 0.548 e. The normalized spacial score (nSPS) is 13.6. The number of aliphatic carboxylic acids is 1. The Balaban J connectivity index is 0.00000156. The van der Waals surface area contributed by atoms with Crippen LogP contribution >= 0.6 is 0 Å². The minimum atomic E-state index is -1.24. The second kappa shape index (κ2) is 5.97. The van der Waals surface area contributed by atoms with Crippen molar-refractivity contribution >= 4 is 5.97 Å². The van der Waals surface area contributed by atoms with Crippen molar-refractivity contribution in [3.8, 4) is 11.1 Å². The zero-order valence-electron chi connectivity index (χ0n) is 12.8. The molecule has 0 N–H and O–H groups in total. The standard InChI is InChI=1S/C20H14O2.Na/c21-19(22)20(14-8-2-1-3-9-14)17-12-6-4-10-15(17)16-11-5-7-13-18(16)20;/h1-13H,(H,21,22);/q;+1/p-1. The third kappa shape index (κ3) is 2.10. The molecule has 0 heterocycles. The molecule has 3 heteroatoms. The Morgan fingerprint density at radius 2 is 1.13 bits per heavy atom. The van der Waals surface area contributed by atoms with E-state index in [0.29, 0.717) is 0 Å². The molecular formula is C20H13NaO2. The van der Waals surface area contributed by atoms with Gasteiger partial charge in [0.1, 0.15) is 0 Å². The van der Waals surface area contributed by atoms with Crippen molar-refractivity contribution in [2.24, 2.45) is 0 Å². The Morgan fingerprint density at radius 1 is 0.696 bits per heavy atom. The van der Waals surface area contributed by atoms with Crippen LogP contribution in [0.4, 0.5) is 0 Å². The van der Waals surface area contributed by atoms with E-state index in [2.05, 4.69) is 0 Å². The van der Waals surface area contributed by atoms with Crippen LogP contribution in [-0.4, -0.2) is 5.97 Å². The second-order valence-corrected chi connectivity index (χ2v) is 5.49. The molecule has 0 radical (unpaired) electrons. The fourth-order valence-corrected chi connectivity index (χ4v) is 3.57. The molecule has 106 valence electrons. The van der Waals surface area contributed by atoms with Crippen LogP contribution in [0, 0.1) is 0 Å². The van der Waals surface area contributed by atoms with Gasteiger partial charge >= 0.3 is 29.6 Å². The van der Waals surface area contributed by atoms with E-state index in [1.165, 1.54) is 0 Å². The maximum absolute atomic E-state index is 12.3. The van der Waals surface area contributed by atoms with Crippen molar-refractivity contribution in [2.75, 3.05) is 0 Å². The van der Waals surface area contributed by atoms with Gasteiger partial charge in [-0.3, -0.25) is 0 Å². The molecule has 23 heavy (non-hydrogen) atoms. The first kappa shape index (κ1) is 16.0. The van der Waals surface area contributed by atoms with Crippen LogP contribution in [0.3, 0.4) is 0 Å². The summed E-state index contributed by atoms with van der Waals surface area (Å²) in [6, 6.07) is 24.7. The molecule has 1 aliphatic rings. The first-order chi connectivity index (χ1) is 10.8. The molecule has 0 saturated heterocycles. The summed E-state index contributed by atoms with van der Waals surface area (Å²) < 4.78 is 0. The summed E-state index contributed by atoms with van der Waals surface area (Å²) in [5.41, 5.74) is 2.98. The van der Waals surface area contributed by atoms with Gasteiger partial charge in [-0.2, -0.15) is 0 Å². The zero-order valence-corrected chi connectivity index (χ0v) is 14.8. The van der Waals surface area contributed by atoms with Crippen molar-refractivity contribution < 1.29 is 39.5 Å². The number of carbonyl (C=O) groups excluding carboxylic acids is 1. The first-order valence-electron chi connectivity index (χ1n) is 7.22. The van der Waals surface area contributed by atoms with E-state index >= 15 is 0 Å². The molecule has 1 aliphatic carbocycles. The third-order valence-electron chi connectivity index (χ3n) is 4.47. The predicted octanol–water partition coefficient (Wildman–Crippen LogP) is -0.245. The molecule has 3 aromatic rings. The van der Waals surface area contributed by atoms with Gasteiger partial charge in [0.15, 0.2) is 0 Å². The molecule has 2 nitrogen and oxygen atoms in total. The average Bonchev–Trinajstić information content (AvgIpc) is 2.87. The van der Waals surface area contributed by atoms with Gasteiger partial charge in [0, 0.05) is 0 Å². The van der Waals surface area contributed by atoms with Crippen molar-refractivity contribution in [3.63, 3.8) is 0 Å². The minimum absolute atomic E-state index is 0. The van der Waals surface area contributed by atoms with Gasteiger partial charge in [0.25, 0.3) is 0 Å². The van der Waals surface area contributed by atoms with E-state index in [1.54, 1.807) is 0 Å². The number of hydrogen-bond donors (Lipinski definition) is 0. The predicted molar refractivity (Wildman–Crippen MR) is 83.2 cm³/mol. The summed E-state index contributed by atoms with van der Waals surface area (Å²) in [5.74, 6) is -1.09. The van der Waals surface area contributed by atoms with Gasteiger partial charge in [0.2, 0.25) is 0 Å². The summed E-state index contributed by atoms with van der Waals surface area (Å²) in [5, 5.41) is 12.3. The first-order valence-corrected chi connectivity index (χ1v) is 7.22. The minimum Gasteiger partial charge on any atom is -0.548 e. The molecular weight excluding hydrogens is 295 g/mol. The van der Waals surface area contributed by atoms with Crippen molar-refractivity contribution in [2.45, 2.75) is 5.41 Å². The molecule has 0 aromatic heterocycles. The molecule has 0 bridgehead atoms. The number of benzene rings is 3. The molecule has 0 atom stereocenters. The van der Waals surface area contributed by atoms with E-state index in [1.807, 2.05) is 78.9 Å². The third-order valence-corrected chi connectivity index (χ3v) is 4.47. The number of fused-ring (bicyclic) bond motifs is 3. The van der Waals surface area contributed by atoms with Gasteiger partial charge in [-0.05, 0) is 27.8 Å². The van der Waals surface area contributed by atoms with Crippen LogP contribution in [0.15, 0.2) is 78.9 Å². The van der Waals surface area contributed by atoms with Gasteiger partial charge in [-0.25, -0.2) is 0 Å².